The average Bonchev–Trinajstić information content (AvgIpc) is 1.85. The summed E-state index contributed by atoms with van der Waals surface area (Å²) in [7, 11) is -3.52. The zero-order chi connectivity index (χ0) is 9.99. The molecule has 0 aromatic rings. The second kappa shape index (κ2) is 5.65. The van der Waals surface area contributed by atoms with Crippen LogP contribution in [0.15, 0.2) is 0 Å². The molecule has 1 atom stereocenters. The van der Waals surface area contributed by atoms with Gasteiger partial charge in [0, 0.05) is 7.11 Å². The Morgan fingerprint density at radius 3 is 2.00 bits per heavy atom. The van der Waals surface area contributed by atoms with Gasteiger partial charge in [0.1, 0.15) is 10.1 Å². The summed E-state index contributed by atoms with van der Waals surface area (Å²) in [6.45, 7) is 2.37. The van der Waals surface area contributed by atoms with Gasteiger partial charge in [-0.2, -0.15) is 0 Å². The van der Waals surface area contributed by atoms with Gasteiger partial charge in [-0.25, -0.2) is 8.42 Å². The Kier molecular flexibility index (Phi) is 7.07. The fraction of sp³-hybridized carbons (Fsp3) is 1.00. The first-order valence-electron chi connectivity index (χ1n) is 3.42. The molecule has 0 saturated carbocycles. The number of rotatable bonds is 4. The van der Waals surface area contributed by atoms with Crippen LogP contribution in [0.25, 0.3) is 0 Å². The molecular formula is C6H13NaO5S. The van der Waals surface area contributed by atoms with Gasteiger partial charge in [0.2, 0.25) is 0 Å². The zero-order valence-corrected chi connectivity index (χ0v) is 11.1. The molecule has 0 radical (unpaired) electrons. The van der Waals surface area contributed by atoms with Crippen LogP contribution in [0.5, 0.6) is 0 Å². The van der Waals surface area contributed by atoms with Crippen molar-refractivity contribution in [3.8, 4) is 0 Å². The molecule has 74 valence electrons. The van der Waals surface area contributed by atoms with E-state index < -0.39 is 27.6 Å². The molecule has 0 aromatic heterocycles. The molecule has 1 N–H and O–H groups in total. The fourth-order valence-electron chi connectivity index (χ4n) is 0.734. The van der Waals surface area contributed by atoms with Crippen molar-refractivity contribution in [3.63, 3.8) is 0 Å². The van der Waals surface area contributed by atoms with E-state index in [9.17, 15) is 18.1 Å². The van der Waals surface area contributed by atoms with Gasteiger partial charge in [-0.1, -0.05) is 13.8 Å². The normalized spacial score (nSPS) is 16.5. The van der Waals surface area contributed by atoms with Gasteiger partial charge < -0.3 is 14.4 Å². The Morgan fingerprint density at radius 2 is 1.92 bits per heavy atom. The van der Waals surface area contributed by atoms with Crippen LogP contribution in [0.1, 0.15) is 13.8 Å². The van der Waals surface area contributed by atoms with E-state index >= 15 is 0 Å². The van der Waals surface area contributed by atoms with E-state index in [4.69, 9.17) is 0 Å². The minimum Gasteiger partial charge on any atom is -0.746 e. The van der Waals surface area contributed by atoms with Crippen LogP contribution in [0.2, 0.25) is 0 Å². The van der Waals surface area contributed by atoms with Gasteiger partial charge in [0.15, 0.2) is 4.93 Å². The molecule has 13 heavy (non-hydrogen) atoms. The van der Waals surface area contributed by atoms with Gasteiger partial charge in [0.05, 0.1) is 6.61 Å². The Labute approximate surface area is 101 Å². The average molecular weight is 220 g/mol. The summed E-state index contributed by atoms with van der Waals surface area (Å²) >= 11 is 0. The molecule has 0 bridgehead atoms. The van der Waals surface area contributed by atoms with E-state index in [1.807, 2.05) is 0 Å². The number of hydrogen-bond donors (Lipinski definition) is 1. The molecule has 0 aliphatic carbocycles. The van der Waals surface area contributed by atoms with Crippen molar-refractivity contribution >= 4 is 10.1 Å². The Balaban J connectivity index is 0. The van der Waals surface area contributed by atoms with Gasteiger partial charge >= 0.3 is 29.6 Å². The SMILES string of the molecule is COCC(O)(C(C)C)S(=O)(=O)[O-].[Na+]. The van der Waals surface area contributed by atoms with Crippen molar-refractivity contribution < 1.29 is 52.4 Å². The van der Waals surface area contributed by atoms with Crippen molar-refractivity contribution in [1.82, 2.24) is 0 Å². The number of hydrogen-bond acceptors (Lipinski definition) is 5. The molecule has 0 aliphatic heterocycles. The molecular weight excluding hydrogens is 207 g/mol. The van der Waals surface area contributed by atoms with Crippen LogP contribution in [0, 0.1) is 5.92 Å². The summed E-state index contributed by atoms with van der Waals surface area (Å²) in [6, 6.07) is 0. The molecule has 0 heterocycles. The summed E-state index contributed by atoms with van der Waals surface area (Å²) in [5, 5.41) is 9.40. The molecule has 0 amide bonds. The predicted molar refractivity (Wildman–Crippen MR) is 41.4 cm³/mol. The largest absolute Gasteiger partial charge is 1.00 e. The zero-order valence-electron chi connectivity index (χ0n) is 8.27. The molecule has 1 unspecified atom stereocenters. The predicted octanol–water partition coefficient (Wildman–Crippen LogP) is -3.47. The molecule has 0 saturated heterocycles. The van der Waals surface area contributed by atoms with E-state index in [2.05, 4.69) is 4.74 Å². The summed E-state index contributed by atoms with van der Waals surface area (Å²) in [5.41, 5.74) is 0. The van der Waals surface area contributed by atoms with Crippen LogP contribution >= 0.6 is 0 Å². The Hall–Kier alpha value is 0.830. The van der Waals surface area contributed by atoms with Crippen LogP contribution in [-0.4, -0.2) is 36.7 Å². The summed E-state index contributed by atoms with van der Waals surface area (Å²) < 4.78 is 36.3. The second-order valence-corrected chi connectivity index (χ2v) is 4.50. The third-order valence-electron chi connectivity index (χ3n) is 1.69. The van der Waals surface area contributed by atoms with Gasteiger partial charge in [-0.15, -0.1) is 0 Å². The number of aliphatic hydroxyl groups is 1. The van der Waals surface area contributed by atoms with E-state index in [-0.39, 0.29) is 29.6 Å². The van der Waals surface area contributed by atoms with Crippen LogP contribution < -0.4 is 29.6 Å². The third kappa shape index (κ3) is 3.83. The maximum absolute atomic E-state index is 10.6. The molecule has 5 nitrogen and oxygen atoms in total. The molecule has 0 aliphatic rings. The minimum atomic E-state index is -4.75. The van der Waals surface area contributed by atoms with E-state index in [0.717, 1.165) is 0 Å². The number of methoxy groups -OCH3 is 1. The molecule has 0 spiro atoms. The second-order valence-electron chi connectivity index (χ2n) is 2.89. The maximum atomic E-state index is 10.6. The van der Waals surface area contributed by atoms with Gasteiger partial charge in [-0.3, -0.25) is 0 Å². The molecule has 0 fully saturated rings. The topological polar surface area (TPSA) is 86.7 Å². The minimum absolute atomic E-state index is 0. The first-order valence-corrected chi connectivity index (χ1v) is 4.83. The molecule has 0 aromatic carbocycles. The summed E-state index contributed by atoms with van der Waals surface area (Å²) in [5.74, 6) is -0.694. The van der Waals surface area contributed by atoms with Crippen molar-refractivity contribution in [2.24, 2.45) is 5.92 Å². The maximum Gasteiger partial charge on any atom is 1.00 e. The van der Waals surface area contributed by atoms with Crippen molar-refractivity contribution in [1.29, 1.82) is 0 Å². The van der Waals surface area contributed by atoms with Gasteiger partial charge in [0.25, 0.3) is 0 Å². The Morgan fingerprint density at radius 1 is 1.54 bits per heavy atom. The van der Waals surface area contributed by atoms with Crippen molar-refractivity contribution in [2.75, 3.05) is 13.7 Å². The first-order chi connectivity index (χ1) is 5.25. The molecule has 0 rings (SSSR count). The standard InChI is InChI=1S/C6H14O5S.Na/c1-5(2)6(7,4-11-3)12(8,9)10;/h5,7H,4H2,1-3H3,(H,8,9,10);/q;+1/p-1. The monoisotopic (exact) mass is 220 g/mol. The van der Waals surface area contributed by atoms with Gasteiger partial charge in [-0.05, 0) is 5.92 Å². The Bertz CT molecular complexity index is 237. The van der Waals surface area contributed by atoms with Crippen molar-refractivity contribution in [3.05, 3.63) is 0 Å². The smallest absolute Gasteiger partial charge is 0.746 e. The van der Waals surface area contributed by atoms with E-state index in [0.29, 0.717) is 0 Å². The van der Waals surface area contributed by atoms with Crippen molar-refractivity contribution in [2.45, 2.75) is 18.8 Å². The number of ether oxygens (including phenoxy) is 1. The quantitative estimate of drug-likeness (QED) is 0.393. The van der Waals surface area contributed by atoms with Crippen LogP contribution in [0.4, 0.5) is 0 Å². The summed E-state index contributed by atoms with van der Waals surface area (Å²) in [4.78, 5) is -2.32. The molecule has 7 heteroatoms. The van der Waals surface area contributed by atoms with Crippen LogP contribution in [-0.2, 0) is 14.9 Å². The van der Waals surface area contributed by atoms with Crippen LogP contribution in [0.3, 0.4) is 0 Å². The van der Waals surface area contributed by atoms with E-state index in [1.54, 1.807) is 0 Å². The first kappa shape index (κ1) is 16.3. The fourth-order valence-corrected chi connectivity index (χ4v) is 1.57. The third-order valence-corrected chi connectivity index (χ3v) is 3.14. The van der Waals surface area contributed by atoms with E-state index in [1.165, 1.54) is 21.0 Å². The summed E-state index contributed by atoms with van der Waals surface area (Å²) in [6.07, 6.45) is 0.